The van der Waals surface area contributed by atoms with Crippen molar-refractivity contribution >= 4 is 11.3 Å². The summed E-state index contributed by atoms with van der Waals surface area (Å²) in [6, 6.07) is 4.17. The van der Waals surface area contributed by atoms with Gasteiger partial charge in [-0.2, -0.15) is 5.10 Å². The molecule has 1 atom stereocenters. The third-order valence-electron chi connectivity index (χ3n) is 3.27. The first-order valence-electron chi connectivity index (χ1n) is 6.82. The molecule has 108 valence electrons. The van der Waals surface area contributed by atoms with Gasteiger partial charge in [0.25, 0.3) is 0 Å². The molecule has 0 aliphatic rings. The molecular weight excluding hydrogens is 282 g/mol. The van der Waals surface area contributed by atoms with Crippen molar-refractivity contribution in [2.24, 2.45) is 0 Å². The Morgan fingerprint density at radius 2 is 2.29 bits per heavy atom. The van der Waals surface area contributed by atoms with Crippen LogP contribution in [0, 0.1) is 6.92 Å². The summed E-state index contributed by atoms with van der Waals surface area (Å²) in [6.45, 7) is 4.88. The number of rotatable bonds is 5. The highest BCUT2D eigenvalue weighted by atomic mass is 32.1. The molecule has 3 rings (SSSR count). The number of thiazole rings is 1. The molecule has 0 saturated heterocycles. The largest absolute Gasteiger partial charge is 0.304 e. The highest BCUT2D eigenvalue weighted by Gasteiger charge is 2.12. The number of aryl methyl sites for hydroxylation is 1. The Hall–Kier alpha value is -2.05. The number of hydrogen-bond donors (Lipinski definition) is 2. The average molecular weight is 299 g/mol. The summed E-state index contributed by atoms with van der Waals surface area (Å²) >= 11 is 1.69. The minimum absolute atomic E-state index is 0.223. The molecule has 0 aromatic carbocycles. The Labute approximate surface area is 127 Å². The predicted molar refractivity (Wildman–Crippen MR) is 83.9 cm³/mol. The molecule has 0 radical (unpaired) electrons. The summed E-state index contributed by atoms with van der Waals surface area (Å²) in [5.41, 5.74) is 4.26. The Balaban J connectivity index is 1.70. The van der Waals surface area contributed by atoms with E-state index in [-0.39, 0.29) is 6.04 Å². The van der Waals surface area contributed by atoms with E-state index in [2.05, 4.69) is 37.8 Å². The van der Waals surface area contributed by atoms with Gasteiger partial charge < -0.3 is 5.32 Å². The number of pyridine rings is 1. The molecule has 0 amide bonds. The van der Waals surface area contributed by atoms with Gasteiger partial charge in [0.1, 0.15) is 5.01 Å². The van der Waals surface area contributed by atoms with Gasteiger partial charge in [-0.1, -0.05) is 0 Å². The molecule has 3 aromatic rings. The summed E-state index contributed by atoms with van der Waals surface area (Å²) in [5.74, 6) is 0. The molecular formula is C15H17N5S. The molecule has 1 unspecified atom stereocenters. The third-order valence-corrected chi connectivity index (χ3v) is 4.42. The topological polar surface area (TPSA) is 66.5 Å². The van der Waals surface area contributed by atoms with Crippen LogP contribution >= 0.6 is 11.3 Å². The average Bonchev–Trinajstić information content (AvgIpc) is 3.14. The van der Waals surface area contributed by atoms with Gasteiger partial charge in [0, 0.05) is 41.1 Å². The Bertz CT molecular complexity index is 704. The van der Waals surface area contributed by atoms with Gasteiger partial charge in [-0.15, -0.1) is 11.3 Å². The molecule has 6 heteroatoms. The van der Waals surface area contributed by atoms with Crippen LogP contribution < -0.4 is 5.32 Å². The minimum atomic E-state index is 0.223. The first kappa shape index (κ1) is 13.9. The molecule has 0 saturated carbocycles. The predicted octanol–water partition coefficient (Wildman–Crippen LogP) is 3.09. The van der Waals surface area contributed by atoms with Crippen molar-refractivity contribution in [2.75, 3.05) is 0 Å². The van der Waals surface area contributed by atoms with Crippen LogP contribution in [0.25, 0.3) is 11.3 Å². The lowest BCUT2D eigenvalue weighted by Crippen LogP contribution is -2.18. The van der Waals surface area contributed by atoms with Crippen LogP contribution in [0.4, 0.5) is 0 Å². The Morgan fingerprint density at radius 1 is 1.38 bits per heavy atom. The van der Waals surface area contributed by atoms with Gasteiger partial charge in [-0.05, 0) is 26.0 Å². The second-order valence-electron chi connectivity index (χ2n) is 4.94. The van der Waals surface area contributed by atoms with Crippen molar-refractivity contribution in [2.45, 2.75) is 26.4 Å². The first-order valence-corrected chi connectivity index (χ1v) is 7.70. The van der Waals surface area contributed by atoms with E-state index in [4.69, 9.17) is 0 Å². The lowest BCUT2D eigenvalue weighted by atomic mass is 10.1. The van der Waals surface area contributed by atoms with Crippen LogP contribution in [-0.4, -0.2) is 20.2 Å². The fourth-order valence-electron chi connectivity index (χ4n) is 2.13. The second kappa shape index (κ2) is 6.15. The van der Waals surface area contributed by atoms with E-state index in [1.807, 2.05) is 31.5 Å². The maximum absolute atomic E-state index is 4.51. The van der Waals surface area contributed by atoms with Crippen LogP contribution in [-0.2, 0) is 6.54 Å². The van der Waals surface area contributed by atoms with E-state index in [0.717, 1.165) is 34.1 Å². The zero-order valence-electron chi connectivity index (χ0n) is 12.0. The number of aromatic nitrogens is 4. The summed E-state index contributed by atoms with van der Waals surface area (Å²) in [6.07, 6.45) is 5.46. The minimum Gasteiger partial charge on any atom is -0.304 e. The quantitative estimate of drug-likeness (QED) is 0.760. The van der Waals surface area contributed by atoms with E-state index in [9.17, 15) is 0 Å². The van der Waals surface area contributed by atoms with Gasteiger partial charge in [-0.25, -0.2) is 4.98 Å². The first-order chi connectivity index (χ1) is 10.2. The number of nitrogens with one attached hydrogen (secondary N) is 2. The van der Waals surface area contributed by atoms with Crippen LogP contribution in [0.15, 0.2) is 36.1 Å². The van der Waals surface area contributed by atoms with Crippen molar-refractivity contribution in [1.29, 1.82) is 0 Å². The van der Waals surface area contributed by atoms with Crippen LogP contribution in [0.5, 0.6) is 0 Å². The summed E-state index contributed by atoms with van der Waals surface area (Å²) in [5, 5.41) is 13.9. The van der Waals surface area contributed by atoms with Crippen LogP contribution in [0.2, 0.25) is 0 Å². The van der Waals surface area contributed by atoms with E-state index in [0.29, 0.717) is 0 Å². The lowest BCUT2D eigenvalue weighted by molar-refractivity contribution is 0.571. The molecule has 3 heterocycles. The lowest BCUT2D eigenvalue weighted by Gasteiger charge is -2.11. The maximum Gasteiger partial charge on any atom is 0.110 e. The van der Waals surface area contributed by atoms with Gasteiger partial charge in [0.15, 0.2) is 0 Å². The van der Waals surface area contributed by atoms with Gasteiger partial charge in [-0.3, -0.25) is 10.1 Å². The molecule has 0 spiro atoms. The Morgan fingerprint density at radius 3 is 3.00 bits per heavy atom. The molecule has 0 fully saturated rings. The van der Waals surface area contributed by atoms with E-state index >= 15 is 0 Å². The SMILES string of the molecule is Cc1csc(C(C)NCc2cn[nH]c2-c2cccnc2)n1. The molecule has 0 aliphatic carbocycles. The molecule has 0 bridgehead atoms. The van der Waals surface area contributed by atoms with Crippen molar-refractivity contribution in [1.82, 2.24) is 25.5 Å². The third kappa shape index (κ3) is 3.17. The summed E-state index contributed by atoms with van der Waals surface area (Å²) in [7, 11) is 0. The van der Waals surface area contributed by atoms with Gasteiger partial charge in [0.05, 0.1) is 17.9 Å². The molecule has 2 N–H and O–H groups in total. The van der Waals surface area contributed by atoms with Gasteiger partial charge in [0.2, 0.25) is 0 Å². The second-order valence-corrected chi connectivity index (χ2v) is 5.83. The van der Waals surface area contributed by atoms with E-state index in [1.165, 1.54) is 0 Å². The van der Waals surface area contributed by atoms with Crippen molar-refractivity contribution < 1.29 is 0 Å². The monoisotopic (exact) mass is 299 g/mol. The van der Waals surface area contributed by atoms with E-state index in [1.54, 1.807) is 17.5 Å². The summed E-state index contributed by atoms with van der Waals surface area (Å²) < 4.78 is 0. The van der Waals surface area contributed by atoms with Crippen LogP contribution in [0.3, 0.4) is 0 Å². The fourth-order valence-corrected chi connectivity index (χ4v) is 2.96. The smallest absolute Gasteiger partial charge is 0.110 e. The highest BCUT2D eigenvalue weighted by molar-refractivity contribution is 7.09. The zero-order chi connectivity index (χ0) is 14.7. The number of hydrogen-bond acceptors (Lipinski definition) is 5. The van der Waals surface area contributed by atoms with Crippen LogP contribution in [0.1, 0.15) is 29.2 Å². The van der Waals surface area contributed by atoms with E-state index < -0.39 is 0 Å². The zero-order valence-corrected chi connectivity index (χ0v) is 12.8. The number of aromatic amines is 1. The van der Waals surface area contributed by atoms with Crippen molar-refractivity contribution in [3.05, 3.63) is 52.4 Å². The maximum atomic E-state index is 4.51. The standard InChI is InChI=1S/C15H17N5S/c1-10-9-21-15(19-10)11(2)17-7-13-8-18-20-14(13)12-4-3-5-16-6-12/h3-6,8-9,11,17H,7H2,1-2H3,(H,18,20). The fraction of sp³-hybridized carbons (Fsp3) is 0.267. The Kier molecular flexibility index (Phi) is 4.08. The molecule has 21 heavy (non-hydrogen) atoms. The number of H-pyrrole nitrogens is 1. The molecule has 3 aromatic heterocycles. The normalized spacial score (nSPS) is 12.5. The number of nitrogens with zero attached hydrogens (tertiary/aromatic N) is 3. The van der Waals surface area contributed by atoms with Crippen molar-refractivity contribution in [3.63, 3.8) is 0 Å². The molecule has 0 aliphatic heterocycles. The highest BCUT2D eigenvalue weighted by Crippen LogP contribution is 2.22. The summed E-state index contributed by atoms with van der Waals surface area (Å²) in [4.78, 5) is 8.66. The molecule has 5 nitrogen and oxygen atoms in total. The van der Waals surface area contributed by atoms with Crippen molar-refractivity contribution in [3.8, 4) is 11.3 Å². The van der Waals surface area contributed by atoms with Gasteiger partial charge >= 0.3 is 0 Å².